The average molecular weight is 231 g/mol. The highest BCUT2D eigenvalue weighted by atomic mass is 16.5. The smallest absolute Gasteiger partial charge is 0.0585 e. The van der Waals surface area contributed by atoms with Gasteiger partial charge in [0.2, 0.25) is 0 Å². The van der Waals surface area contributed by atoms with E-state index in [4.69, 9.17) is 14.6 Å². The van der Waals surface area contributed by atoms with Crippen LogP contribution in [0.25, 0.3) is 0 Å². The van der Waals surface area contributed by atoms with Crippen LogP contribution in [0.5, 0.6) is 0 Å². The zero-order valence-electron chi connectivity index (χ0n) is 10.4. The molecule has 1 aliphatic rings. The Morgan fingerprint density at radius 1 is 1.50 bits per heavy atom. The highest BCUT2D eigenvalue weighted by Gasteiger charge is 2.15. The summed E-state index contributed by atoms with van der Waals surface area (Å²) < 4.78 is 10.9. The van der Waals surface area contributed by atoms with E-state index in [1.54, 1.807) is 0 Å². The van der Waals surface area contributed by atoms with Gasteiger partial charge in [-0.25, -0.2) is 0 Å². The quantitative estimate of drug-likeness (QED) is 0.606. The second-order valence-corrected chi connectivity index (χ2v) is 4.79. The standard InChI is InChI=1S/C12H25NO3/c1-10(2)13-12(7-14)4-6-16-9-11-3-5-15-8-11/h10-14H,3-9H2,1-2H3. The third-order valence-electron chi connectivity index (χ3n) is 2.78. The summed E-state index contributed by atoms with van der Waals surface area (Å²) in [5.74, 6) is 0.575. The maximum atomic E-state index is 9.15. The van der Waals surface area contributed by atoms with Crippen LogP contribution in [0.3, 0.4) is 0 Å². The first-order chi connectivity index (χ1) is 7.72. The second-order valence-electron chi connectivity index (χ2n) is 4.79. The molecule has 1 saturated heterocycles. The number of aliphatic hydroxyl groups is 1. The van der Waals surface area contributed by atoms with Gasteiger partial charge in [0.15, 0.2) is 0 Å². The van der Waals surface area contributed by atoms with Crippen LogP contribution < -0.4 is 5.32 Å². The molecule has 4 heteroatoms. The summed E-state index contributed by atoms with van der Waals surface area (Å²) in [4.78, 5) is 0. The van der Waals surface area contributed by atoms with Crippen LogP contribution in [0.4, 0.5) is 0 Å². The van der Waals surface area contributed by atoms with Gasteiger partial charge in [-0.1, -0.05) is 13.8 Å². The van der Waals surface area contributed by atoms with Crippen molar-refractivity contribution in [1.29, 1.82) is 0 Å². The van der Waals surface area contributed by atoms with Gasteiger partial charge in [0, 0.05) is 31.2 Å². The number of rotatable bonds is 8. The van der Waals surface area contributed by atoms with Crippen LogP contribution in [0.15, 0.2) is 0 Å². The number of hydrogen-bond acceptors (Lipinski definition) is 4. The topological polar surface area (TPSA) is 50.7 Å². The first-order valence-electron chi connectivity index (χ1n) is 6.24. The molecule has 0 radical (unpaired) electrons. The molecule has 4 nitrogen and oxygen atoms in total. The molecule has 2 N–H and O–H groups in total. The fraction of sp³-hybridized carbons (Fsp3) is 1.00. The van der Waals surface area contributed by atoms with Crippen LogP contribution in [0, 0.1) is 5.92 Å². The Morgan fingerprint density at radius 3 is 2.88 bits per heavy atom. The predicted molar refractivity (Wildman–Crippen MR) is 63.5 cm³/mol. The van der Waals surface area contributed by atoms with Crippen molar-refractivity contribution >= 4 is 0 Å². The summed E-state index contributed by atoms with van der Waals surface area (Å²) in [6.45, 7) is 7.56. The van der Waals surface area contributed by atoms with Gasteiger partial charge in [-0.15, -0.1) is 0 Å². The zero-order chi connectivity index (χ0) is 11.8. The van der Waals surface area contributed by atoms with Crippen LogP contribution in [-0.2, 0) is 9.47 Å². The van der Waals surface area contributed by atoms with Gasteiger partial charge >= 0.3 is 0 Å². The molecule has 1 heterocycles. The highest BCUT2D eigenvalue weighted by molar-refractivity contribution is 4.68. The molecule has 0 aromatic heterocycles. The van der Waals surface area contributed by atoms with E-state index >= 15 is 0 Å². The van der Waals surface area contributed by atoms with E-state index in [0.717, 1.165) is 32.7 Å². The molecule has 1 aliphatic heterocycles. The van der Waals surface area contributed by atoms with Gasteiger partial charge in [-0.2, -0.15) is 0 Å². The lowest BCUT2D eigenvalue weighted by atomic mass is 10.1. The van der Waals surface area contributed by atoms with E-state index in [-0.39, 0.29) is 12.6 Å². The van der Waals surface area contributed by atoms with E-state index in [2.05, 4.69) is 19.2 Å². The average Bonchev–Trinajstić information content (AvgIpc) is 2.74. The lowest BCUT2D eigenvalue weighted by molar-refractivity contribution is 0.0776. The van der Waals surface area contributed by atoms with Crippen LogP contribution in [0.1, 0.15) is 26.7 Å². The maximum Gasteiger partial charge on any atom is 0.0585 e. The molecule has 0 amide bonds. The van der Waals surface area contributed by atoms with Crippen molar-refractivity contribution in [3.05, 3.63) is 0 Å². The van der Waals surface area contributed by atoms with Gasteiger partial charge in [-0.3, -0.25) is 0 Å². The van der Waals surface area contributed by atoms with Crippen molar-refractivity contribution in [1.82, 2.24) is 5.32 Å². The predicted octanol–water partition coefficient (Wildman–Crippen LogP) is 0.788. The molecule has 0 spiro atoms. The maximum absolute atomic E-state index is 9.15. The molecular weight excluding hydrogens is 206 g/mol. The Kier molecular flexibility index (Phi) is 6.96. The SMILES string of the molecule is CC(C)NC(CO)CCOCC1CCOC1. The lowest BCUT2D eigenvalue weighted by Crippen LogP contribution is -2.38. The fourth-order valence-corrected chi connectivity index (χ4v) is 1.89. The van der Waals surface area contributed by atoms with Gasteiger partial charge < -0.3 is 19.9 Å². The molecule has 1 rings (SSSR count). The fourth-order valence-electron chi connectivity index (χ4n) is 1.89. The Balaban J connectivity index is 1.99. The summed E-state index contributed by atoms with van der Waals surface area (Å²) in [5.41, 5.74) is 0. The lowest BCUT2D eigenvalue weighted by Gasteiger charge is -2.19. The van der Waals surface area contributed by atoms with Crippen molar-refractivity contribution in [2.45, 2.75) is 38.8 Å². The van der Waals surface area contributed by atoms with Gasteiger partial charge in [-0.05, 0) is 12.8 Å². The Morgan fingerprint density at radius 2 is 2.31 bits per heavy atom. The van der Waals surface area contributed by atoms with Crippen LogP contribution in [0.2, 0.25) is 0 Å². The van der Waals surface area contributed by atoms with Gasteiger partial charge in [0.05, 0.1) is 19.8 Å². The Labute approximate surface area is 98.3 Å². The van der Waals surface area contributed by atoms with Crippen molar-refractivity contribution in [3.63, 3.8) is 0 Å². The summed E-state index contributed by atoms with van der Waals surface area (Å²) >= 11 is 0. The molecule has 0 aliphatic carbocycles. The summed E-state index contributed by atoms with van der Waals surface area (Å²) in [6, 6.07) is 0.556. The number of nitrogens with one attached hydrogen (secondary N) is 1. The summed E-state index contributed by atoms with van der Waals surface area (Å²) in [7, 11) is 0. The number of ether oxygens (including phenoxy) is 2. The van der Waals surface area contributed by atoms with Crippen molar-refractivity contribution in [3.8, 4) is 0 Å². The van der Waals surface area contributed by atoms with Crippen LogP contribution >= 0.6 is 0 Å². The van der Waals surface area contributed by atoms with E-state index in [1.165, 1.54) is 0 Å². The number of hydrogen-bond donors (Lipinski definition) is 2. The first-order valence-corrected chi connectivity index (χ1v) is 6.24. The zero-order valence-corrected chi connectivity index (χ0v) is 10.4. The Hall–Kier alpha value is -0.160. The molecule has 0 bridgehead atoms. The molecule has 2 atom stereocenters. The van der Waals surface area contributed by atoms with E-state index in [0.29, 0.717) is 18.6 Å². The summed E-state index contributed by atoms with van der Waals surface area (Å²) in [5, 5.41) is 12.5. The minimum Gasteiger partial charge on any atom is -0.395 e. The van der Waals surface area contributed by atoms with Crippen molar-refractivity contribution < 1.29 is 14.6 Å². The molecule has 96 valence electrons. The summed E-state index contributed by atoms with van der Waals surface area (Å²) in [6.07, 6.45) is 1.98. The van der Waals surface area contributed by atoms with E-state index in [9.17, 15) is 0 Å². The second kappa shape index (κ2) is 8.01. The first kappa shape index (κ1) is 13.9. The van der Waals surface area contributed by atoms with Crippen LogP contribution in [-0.4, -0.2) is 50.2 Å². The Bertz CT molecular complexity index is 170. The molecule has 2 unspecified atom stereocenters. The monoisotopic (exact) mass is 231 g/mol. The molecule has 16 heavy (non-hydrogen) atoms. The minimum absolute atomic E-state index is 0.153. The molecule has 0 aromatic rings. The minimum atomic E-state index is 0.153. The largest absolute Gasteiger partial charge is 0.395 e. The molecule has 0 aromatic carbocycles. The molecule has 0 saturated carbocycles. The molecule has 1 fully saturated rings. The third-order valence-corrected chi connectivity index (χ3v) is 2.78. The van der Waals surface area contributed by atoms with Gasteiger partial charge in [0.1, 0.15) is 0 Å². The van der Waals surface area contributed by atoms with E-state index in [1.807, 2.05) is 0 Å². The van der Waals surface area contributed by atoms with Gasteiger partial charge in [0.25, 0.3) is 0 Å². The highest BCUT2D eigenvalue weighted by Crippen LogP contribution is 2.12. The van der Waals surface area contributed by atoms with Crippen molar-refractivity contribution in [2.75, 3.05) is 33.0 Å². The number of aliphatic hydroxyl groups excluding tert-OH is 1. The molecular formula is C12H25NO3. The normalized spacial score (nSPS) is 22.9. The van der Waals surface area contributed by atoms with E-state index < -0.39 is 0 Å². The van der Waals surface area contributed by atoms with Crippen molar-refractivity contribution in [2.24, 2.45) is 5.92 Å². The third kappa shape index (κ3) is 5.80.